The molecule has 1 N–H and O–H groups in total. The first-order valence-corrected chi connectivity index (χ1v) is 15.7. The van der Waals surface area contributed by atoms with Crippen LogP contribution in [0.1, 0.15) is 31.2 Å². The number of rotatable bonds is 4. The zero-order chi connectivity index (χ0) is 31.9. The number of ether oxygens (including phenoxy) is 1. The van der Waals surface area contributed by atoms with E-state index in [2.05, 4.69) is 15.9 Å². The molecule has 4 amide bonds. The van der Waals surface area contributed by atoms with Crippen LogP contribution in [0.3, 0.4) is 0 Å². The van der Waals surface area contributed by atoms with Gasteiger partial charge in [0.05, 0.1) is 46.7 Å². The number of hydrogen-bond acceptors (Lipinski definition) is 6. The number of benzene rings is 3. The molecular formula is C34H27BrClFN2O6. The molecule has 3 aromatic carbocycles. The smallest absolute Gasteiger partial charge is 0.241 e. The maximum absolute atomic E-state index is 14.5. The third kappa shape index (κ3) is 4.14. The highest BCUT2D eigenvalue weighted by molar-refractivity contribution is 9.10. The molecular weight excluding hydrogens is 667 g/mol. The summed E-state index contributed by atoms with van der Waals surface area (Å²) in [6, 6.07) is 15.6. The van der Waals surface area contributed by atoms with Gasteiger partial charge in [0.15, 0.2) is 11.5 Å². The molecule has 6 atom stereocenters. The van der Waals surface area contributed by atoms with E-state index >= 15 is 0 Å². The number of phenolic OH excluding ortho intramolecular Hbond substituents is 1. The Morgan fingerprint density at radius 3 is 2.36 bits per heavy atom. The van der Waals surface area contributed by atoms with Crippen molar-refractivity contribution >= 4 is 62.5 Å². The third-order valence-corrected chi connectivity index (χ3v) is 10.9. The number of carbonyl (C=O) groups is 4. The van der Waals surface area contributed by atoms with E-state index < -0.39 is 52.6 Å². The summed E-state index contributed by atoms with van der Waals surface area (Å²) in [7, 11) is 1.42. The van der Waals surface area contributed by atoms with Crippen molar-refractivity contribution in [3.63, 3.8) is 0 Å². The number of fused-ring (bicyclic) bond motifs is 4. The number of aromatic hydroxyl groups is 1. The van der Waals surface area contributed by atoms with Gasteiger partial charge in [-0.25, -0.2) is 9.29 Å². The van der Waals surface area contributed by atoms with Gasteiger partial charge in [-0.2, -0.15) is 0 Å². The van der Waals surface area contributed by atoms with Crippen LogP contribution in [0.25, 0.3) is 0 Å². The molecule has 2 aliphatic carbocycles. The van der Waals surface area contributed by atoms with E-state index in [0.29, 0.717) is 11.3 Å². The summed E-state index contributed by atoms with van der Waals surface area (Å²) in [6.45, 7) is 1.70. The maximum atomic E-state index is 14.5. The summed E-state index contributed by atoms with van der Waals surface area (Å²) < 4.78 is 20.3. The molecule has 45 heavy (non-hydrogen) atoms. The highest BCUT2D eigenvalue weighted by Gasteiger charge is 2.68. The number of imide groups is 2. The second-order valence-electron chi connectivity index (χ2n) is 12.1. The number of anilines is 2. The number of para-hydroxylation sites is 1. The van der Waals surface area contributed by atoms with Crippen molar-refractivity contribution in [2.24, 2.45) is 29.1 Å². The van der Waals surface area contributed by atoms with Crippen LogP contribution >= 0.6 is 27.5 Å². The number of allylic oxidation sites excluding steroid dienone is 2. The lowest BCUT2D eigenvalue weighted by molar-refractivity contribution is -0.131. The number of halogens is 3. The highest BCUT2D eigenvalue weighted by atomic mass is 79.9. The van der Waals surface area contributed by atoms with E-state index in [1.807, 2.05) is 6.08 Å². The van der Waals surface area contributed by atoms with Crippen molar-refractivity contribution in [1.29, 1.82) is 0 Å². The molecule has 7 rings (SSSR count). The van der Waals surface area contributed by atoms with Crippen LogP contribution in [0.2, 0.25) is 5.02 Å². The minimum absolute atomic E-state index is 0.129. The Kier molecular flexibility index (Phi) is 6.94. The van der Waals surface area contributed by atoms with Crippen LogP contribution in [0, 0.1) is 34.9 Å². The SMILES string of the molecule is COc1cccc(C2C3=CCC4C(=O)N(c5ccc(Br)cc5)C(=O)C4C3CC3C(=O)N(c4ccc(F)c(Cl)c4)C(=O)C32C)c1O. The summed E-state index contributed by atoms with van der Waals surface area (Å²) in [4.78, 5) is 58.9. The number of hydrogen-bond donors (Lipinski definition) is 1. The van der Waals surface area contributed by atoms with Gasteiger partial charge in [0.25, 0.3) is 0 Å². The Morgan fingerprint density at radius 2 is 1.67 bits per heavy atom. The normalized spacial score (nSPS) is 29.0. The Balaban J connectivity index is 1.39. The monoisotopic (exact) mass is 692 g/mol. The fourth-order valence-corrected chi connectivity index (χ4v) is 8.45. The van der Waals surface area contributed by atoms with Gasteiger partial charge in [-0.3, -0.25) is 24.1 Å². The zero-order valence-electron chi connectivity index (χ0n) is 24.2. The van der Waals surface area contributed by atoms with Crippen molar-refractivity contribution in [3.8, 4) is 11.5 Å². The van der Waals surface area contributed by atoms with Gasteiger partial charge in [-0.05, 0) is 74.2 Å². The van der Waals surface area contributed by atoms with E-state index in [4.69, 9.17) is 16.3 Å². The molecule has 0 aromatic heterocycles. The summed E-state index contributed by atoms with van der Waals surface area (Å²) >= 11 is 9.45. The molecule has 3 fully saturated rings. The molecule has 230 valence electrons. The van der Waals surface area contributed by atoms with Gasteiger partial charge in [-0.1, -0.05) is 51.3 Å². The maximum Gasteiger partial charge on any atom is 0.241 e. The molecule has 2 aliphatic heterocycles. The largest absolute Gasteiger partial charge is 0.504 e. The fourth-order valence-electron chi connectivity index (χ4n) is 8.01. The first-order valence-electron chi connectivity index (χ1n) is 14.5. The van der Waals surface area contributed by atoms with Gasteiger partial charge in [0.2, 0.25) is 23.6 Å². The zero-order valence-corrected chi connectivity index (χ0v) is 26.5. The van der Waals surface area contributed by atoms with E-state index in [0.717, 1.165) is 21.0 Å². The molecule has 2 heterocycles. The average molecular weight is 694 g/mol. The average Bonchev–Trinajstić information content (AvgIpc) is 3.39. The number of nitrogens with zero attached hydrogens (tertiary/aromatic N) is 2. The first-order chi connectivity index (χ1) is 21.5. The minimum atomic E-state index is -1.39. The lowest BCUT2D eigenvalue weighted by Gasteiger charge is -2.49. The summed E-state index contributed by atoms with van der Waals surface area (Å²) in [6.07, 6.45) is 2.30. The topological polar surface area (TPSA) is 104 Å². The van der Waals surface area contributed by atoms with Crippen LogP contribution in [0.4, 0.5) is 15.8 Å². The van der Waals surface area contributed by atoms with Crippen LogP contribution in [-0.4, -0.2) is 35.8 Å². The number of phenols is 1. The summed E-state index contributed by atoms with van der Waals surface area (Å²) in [5.74, 6) is -6.12. The lowest BCUT2D eigenvalue weighted by atomic mass is 9.51. The van der Waals surface area contributed by atoms with Crippen molar-refractivity contribution in [3.05, 3.63) is 93.2 Å². The van der Waals surface area contributed by atoms with Crippen LogP contribution < -0.4 is 14.5 Å². The second-order valence-corrected chi connectivity index (χ2v) is 13.5. The Morgan fingerprint density at radius 1 is 0.956 bits per heavy atom. The molecule has 11 heteroatoms. The Labute approximate surface area is 271 Å². The number of methoxy groups -OCH3 is 1. The van der Waals surface area contributed by atoms with Crippen molar-refractivity contribution in [1.82, 2.24) is 0 Å². The fraction of sp³-hybridized carbons (Fsp3) is 0.294. The molecule has 4 aliphatic rings. The molecule has 0 bridgehead atoms. The molecule has 3 aromatic rings. The van der Waals surface area contributed by atoms with E-state index in [1.54, 1.807) is 49.4 Å². The van der Waals surface area contributed by atoms with Gasteiger partial charge in [-0.15, -0.1) is 0 Å². The molecule has 0 radical (unpaired) electrons. The predicted octanol–water partition coefficient (Wildman–Crippen LogP) is 6.39. The van der Waals surface area contributed by atoms with Crippen molar-refractivity contribution in [2.75, 3.05) is 16.9 Å². The molecule has 0 spiro atoms. The van der Waals surface area contributed by atoms with Crippen LogP contribution in [0.5, 0.6) is 11.5 Å². The number of carbonyl (C=O) groups excluding carboxylic acids is 4. The Bertz CT molecular complexity index is 1850. The number of amides is 4. The van der Waals surface area contributed by atoms with Gasteiger partial charge < -0.3 is 9.84 Å². The van der Waals surface area contributed by atoms with E-state index in [9.17, 15) is 28.7 Å². The first kappa shape index (κ1) is 29.7. The van der Waals surface area contributed by atoms with Gasteiger partial charge in [0, 0.05) is 16.0 Å². The third-order valence-electron chi connectivity index (χ3n) is 10.1. The van der Waals surface area contributed by atoms with Crippen LogP contribution in [0.15, 0.2) is 76.8 Å². The van der Waals surface area contributed by atoms with Gasteiger partial charge in [0.1, 0.15) is 5.82 Å². The molecule has 2 saturated heterocycles. The minimum Gasteiger partial charge on any atom is -0.504 e. The van der Waals surface area contributed by atoms with E-state index in [-0.39, 0.29) is 46.9 Å². The van der Waals surface area contributed by atoms with Crippen molar-refractivity contribution < 1.29 is 33.4 Å². The summed E-state index contributed by atoms with van der Waals surface area (Å²) in [5.41, 5.74) is 0.284. The second kappa shape index (κ2) is 10.5. The Hall–Kier alpha value is -4.02. The van der Waals surface area contributed by atoms with Crippen LogP contribution in [-0.2, 0) is 19.2 Å². The lowest BCUT2D eigenvalue weighted by Crippen LogP contribution is -2.48. The highest BCUT2D eigenvalue weighted by Crippen LogP contribution is 2.65. The van der Waals surface area contributed by atoms with Gasteiger partial charge >= 0.3 is 0 Å². The van der Waals surface area contributed by atoms with E-state index in [1.165, 1.54) is 24.1 Å². The molecule has 8 nitrogen and oxygen atoms in total. The predicted molar refractivity (Wildman–Crippen MR) is 167 cm³/mol. The van der Waals surface area contributed by atoms with Crippen molar-refractivity contribution in [2.45, 2.75) is 25.7 Å². The quantitative estimate of drug-likeness (QED) is 0.251. The molecule has 1 saturated carbocycles. The standard InChI is InChI=1S/C34H27BrClFN2O6/c1-34-23(31(42)39(33(34)44)18-10-13-25(37)24(36)14-18)15-22-19(28(34)21-4-3-5-26(45-2)29(21)40)11-12-20-27(22)32(43)38(30(20)41)17-8-6-16(35)7-9-17/h3-11,13-14,20,22-23,27-28,40H,12,15H2,1-2H3. The summed E-state index contributed by atoms with van der Waals surface area (Å²) in [5, 5.41) is 11.2. The molecule has 6 unspecified atom stereocenters.